The standard InChI is InChI=1S/C23H19Cl2N3OS/c24-18-10-12-19(13-11-18)28-22(16-17-6-2-1-3-7-17)26-27-23(28)30-15-14-29-21-9-5-4-8-20(21)25/h1-13H,14-16H2. The molecule has 30 heavy (non-hydrogen) atoms. The van der Waals surface area contributed by atoms with E-state index < -0.39 is 0 Å². The second-order valence-corrected chi connectivity index (χ2v) is 8.41. The van der Waals surface area contributed by atoms with E-state index in [2.05, 4.69) is 26.9 Å². The summed E-state index contributed by atoms with van der Waals surface area (Å²) in [6.07, 6.45) is 0.688. The Labute approximate surface area is 189 Å². The summed E-state index contributed by atoms with van der Waals surface area (Å²) in [6.45, 7) is 0.510. The molecule has 0 saturated carbocycles. The van der Waals surface area contributed by atoms with Crippen molar-refractivity contribution in [2.24, 2.45) is 0 Å². The van der Waals surface area contributed by atoms with Crippen LogP contribution in [0.3, 0.4) is 0 Å². The fraction of sp³-hybridized carbons (Fsp3) is 0.130. The maximum absolute atomic E-state index is 6.15. The predicted molar refractivity (Wildman–Crippen MR) is 123 cm³/mol. The number of ether oxygens (including phenoxy) is 1. The smallest absolute Gasteiger partial charge is 0.195 e. The summed E-state index contributed by atoms with van der Waals surface area (Å²) < 4.78 is 7.87. The minimum absolute atomic E-state index is 0.510. The van der Waals surface area contributed by atoms with Crippen LogP contribution in [0.2, 0.25) is 10.0 Å². The van der Waals surface area contributed by atoms with Crippen LogP contribution in [-0.4, -0.2) is 27.1 Å². The number of hydrogen-bond donors (Lipinski definition) is 0. The molecule has 0 aliphatic heterocycles. The Bertz CT molecular complexity index is 1100. The van der Waals surface area contributed by atoms with E-state index in [0.717, 1.165) is 16.7 Å². The fourth-order valence-electron chi connectivity index (χ4n) is 2.98. The molecule has 0 aliphatic carbocycles. The van der Waals surface area contributed by atoms with Crippen LogP contribution in [0.4, 0.5) is 0 Å². The van der Waals surface area contributed by atoms with Crippen molar-refractivity contribution in [3.8, 4) is 11.4 Å². The molecule has 0 N–H and O–H groups in total. The molecule has 1 aromatic heterocycles. The molecule has 0 spiro atoms. The molecule has 152 valence electrons. The molecule has 7 heteroatoms. The zero-order valence-corrected chi connectivity index (χ0v) is 18.4. The second-order valence-electron chi connectivity index (χ2n) is 6.50. The molecular weight excluding hydrogens is 437 g/mol. The van der Waals surface area contributed by atoms with E-state index in [9.17, 15) is 0 Å². The van der Waals surface area contributed by atoms with Crippen molar-refractivity contribution in [2.45, 2.75) is 11.6 Å². The monoisotopic (exact) mass is 455 g/mol. The molecule has 0 amide bonds. The fourth-order valence-corrected chi connectivity index (χ4v) is 4.09. The van der Waals surface area contributed by atoms with Crippen LogP contribution in [-0.2, 0) is 6.42 Å². The van der Waals surface area contributed by atoms with E-state index >= 15 is 0 Å². The summed E-state index contributed by atoms with van der Waals surface area (Å²) in [6, 6.07) is 25.4. The highest BCUT2D eigenvalue weighted by Gasteiger charge is 2.15. The van der Waals surface area contributed by atoms with Crippen molar-refractivity contribution >= 4 is 35.0 Å². The number of aromatic nitrogens is 3. The zero-order chi connectivity index (χ0) is 20.8. The number of rotatable bonds is 8. The molecule has 0 bridgehead atoms. The summed E-state index contributed by atoms with van der Waals surface area (Å²) in [7, 11) is 0. The summed E-state index contributed by atoms with van der Waals surface area (Å²) >= 11 is 13.8. The van der Waals surface area contributed by atoms with E-state index in [1.54, 1.807) is 11.8 Å². The van der Waals surface area contributed by atoms with Crippen LogP contribution in [0.5, 0.6) is 5.75 Å². The molecule has 0 radical (unpaired) electrons. The third-order valence-electron chi connectivity index (χ3n) is 4.40. The van der Waals surface area contributed by atoms with Gasteiger partial charge in [-0.25, -0.2) is 0 Å². The van der Waals surface area contributed by atoms with Gasteiger partial charge in [0, 0.05) is 22.9 Å². The van der Waals surface area contributed by atoms with Gasteiger partial charge in [0.2, 0.25) is 0 Å². The Morgan fingerprint density at radius 1 is 0.833 bits per heavy atom. The van der Waals surface area contributed by atoms with Crippen molar-refractivity contribution in [3.63, 3.8) is 0 Å². The molecule has 4 aromatic rings. The lowest BCUT2D eigenvalue weighted by molar-refractivity contribution is 0.344. The first-order valence-electron chi connectivity index (χ1n) is 9.45. The van der Waals surface area contributed by atoms with E-state index in [0.29, 0.717) is 34.6 Å². The van der Waals surface area contributed by atoms with Gasteiger partial charge in [-0.3, -0.25) is 4.57 Å². The van der Waals surface area contributed by atoms with Crippen molar-refractivity contribution in [1.29, 1.82) is 0 Å². The van der Waals surface area contributed by atoms with Crippen molar-refractivity contribution in [3.05, 3.63) is 100 Å². The van der Waals surface area contributed by atoms with Crippen LogP contribution in [0.1, 0.15) is 11.4 Å². The quantitative estimate of drug-likeness (QED) is 0.229. The molecule has 4 rings (SSSR count). The number of nitrogens with zero attached hydrogens (tertiary/aromatic N) is 3. The molecule has 4 nitrogen and oxygen atoms in total. The van der Waals surface area contributed by atoms with Gasteiger partial charge >= 0.3 is 0 Å². The first-order valence-corrected chi connectivity index (χ1v) is 11.2. The number of benzene rings is 3. The molecule has 0 aliphatic rings. The molecule has 0 unspecified atom stereocenters. The number of thioether (sulfide) groups is 1. The minimum Gasteiger partial charge on any atom is -0.491 e. The predicted octanol–water partition coefficient (Wildman–Crippen LogP) is 6.34. The molecule has 0 saturated heterocycles. The Morgan fingerprint density at radius 3 is 2.33 bits per heavy atom. The lowest BCUT2D eigenvalue weighted by Crippen LogP contribution is -2.05. The van der Waals surface area contributed by atoms with Crippen molar-refractivity contribution < 1.29 is 4.74 Å². The summed E-state index contributed by atoms with van der Waals surface area (Å²) in [5.74, 6) is 2.27. The highest BCUT2D eigenvalue weighted by Crippen LogP contribution is 2.26. The van der Waals surface area contributed by atoms with E-state index in [4.69, 9.17) is 27.9 Å². The Balaban J connectivity index is 1.51. The average molecular weight is 456 g/mol. The van der Waals surface area contributed by atoms with Gasteiger partial charge in [0.05, 0.1) is 11.6 Å². The van der Waals surface area contributed by atoms with Crippen LogP contribution >= 0.6 is 35.0 Å². The van der Waals surface area contributed by atoms with Gasteiger partial charge in [-0.15, -0.1) is 10.2 Å². The number of para-hydroxylation sites is 1. The Morgan fingerprint density at radius 2 is 1.57 bits per heavy atom. The highest BCUT2D eigenvalue weighted by molar-refractivity contribution is 7.99. The van der Waals surface area contributed by atoms with Crippen LogP contribution in [0.25, 0.3) is 5.69 Å². The maximum Gasteiger partial charge on any atom is 0.195 e. The summed E-state index contributed by atoms with van der Waals surface area (Å²) in [5.41, 5.74) is 2.16. The van der Waals surface area contributed by atoms with Crippen LogP contribution in [0.15, 0.2) is 84.0 Å². The van der Waals surface area contributed by atoms with Gasteiger partial charge in [0.25, 0.3) is 0 Å². The molecular formula is C23H19Cl2N3OS. The van der Waals surface area contributed by atoms with Crippen molar-refractivity contribution in [1.82, 2.24) is 14.8 Å². The third kappa shape index (κ3) is 5.17. The summed E-state index contributed by atoms with van der Waals surface area (Å²) in [4.78, 5) is 0. The van der Waals surface area contributed by atoms with Gasteiger partial charge in [-0.2, -0.15) is 0 Å². The number of hydrogen-bond acceptors (Lipinski definition) is 4. The van der Waals surface area contributed by atoms with E-state index in [-0.39, 0.29) is 0 Å². The van der Waals surface area contributed by atoms with Gasteiger partial charge in [0.1, 0.15) is 11.6 Å². The third-order valence-corrected chi connectivity index (χ3v) is 5.86. The van der Waals surface area contributed by atoms with Crippen LogP contribution < -0.4 is 4.74 Å². The molecule has 0 atom stereocenters. The maximum atomic E-state index is 6.15. The minimum atomic E-state index is 0.510. The first-order chi connectivity index (χ1) is 14.7. The second kappa shape index (κ2) is 10.0. The first kappa shape index (κ1) is 20.8. The van der Waals surface area contributed by atoms with Gasteiger partial charge < -0.3 is 4.74 Å². The topological polar surface area (TPSA) is 39.9 Å². The highest BCUT2D eigenvalue weighted by atomic mass is 35.5. The molecule has 1 heterocycles. The van der Waals surface area contributed by atoms with Gasteiger partial charge in [0.15, 0.2) is 5.16 Å². The lowest BCUT2D eigenvalue weighted by Gasteiger charge is -2.11. The Kier molecular flexibility index (Phi) is 6.95. The molecule has 3 aromatic carbocycles. The van der Waals surface area contributed by atoms with Crippen molar-refractivity contribution in [2.75, 3.05) is 12.4 Å². The molecule has 0 fully saturated rings. The average Bonchev–Trinajstić information content (AvgIpc) is 3.16. The van der Waals surface area contributed by atoms with Gasteiger partial charge in [-0.05, 0) is 42.0 Å². The van der Waals surface area contributed by atoms with Gasteiger partial charge in [-0.1, -0.05) is 77.4 Å². The lowest BCUT2D eigenvalue weighted by atomic mass is 10.1. The Hall–Kier alpha value is -2.47. The number of halogens is 2. The van der Waals surface area contributed by atoms with E-state index in [1.165, 1.54) is 5.56 Å². The largest absolute Gasteiger partial charge is 0.491 e. The summed E-state index contributed by atoms with van der Waals surface area (Å²) in [5, 5.41) is 11.0. The van der Waals surface area contributed by atoms with E-state index in [1.807, 2.05) is 66.7 Å². The van der Waals surface area contributed by atoms with Crippen LogP contribution in [0, 0.1) is 0 Å². The zero-order valence-electron chi connectivity index (χ0n) is 16.0. The SMILES string of the molecule is Clc1ccc(-n2c(Cc3ccccc3)nnc2SCCOc2ccccc2Cl)cc1. The normalized spacial score (nSPS) is 10.9.